The number of fused-ring (bicyclic) bond motifs is 1. The van der Waals surface area contributed by atoms with E-state index in [4.69, 9.17) is 0 Å². The highest BCUT2D eigenvalue weighted by Crippen LogP contribution is 2.47. The molecule has 3 atom stereocenters. The van der Waals surface area contributed by atoms with Gasteiger partial charge in [-0.2, -0.15) is 0 Å². The van der Waals surface area contributed by atoms with Crippen molar-refractivity contribution in [2.45, 2.75) is 50.7 Å². The van der Waals surface area contributed by atoms with E-state index >= 15 is 0 Å². The number of hydrogen-bond donors (Lipinski definition) is 2. The van der Waals surface area contributed by atoms with Crippen LogP contribution in [0.2, 0.25) is 0 Å². The van der Waals surface area contributed by atoms with Crippen LogP contribution < -0.4 is 5.56 Å². The van der Waals surface area contributed by atoms with Crippen molar-refractivity contribution in [3.8, 4) is 0 Å². The van der Waals surface area contributed by atoms with Gasteiger partial charge in [-0.25, -0.2) is 0 Å². The third-order valence-corrected chi connectivity index (χ3v) is 6.24. The molecule has 1 aromatic heterocycles. The van der Waals surface area contributed by atoms with Gasteiger partial charge in [0.1, 0.15) is 0 Å². The van der Waals surface area contributed by atoms with Gasteiger partial charge in [0.25, 0.3) is 5.91 Å². The number of likely N-dealkylation sites (tertiary alicyclic amines) is 1. The first-order chi connectivity index (χ1) is 13.0. The van der Waals surface area contributed by atoms with Crippen LogP contribution in [0.15, 0.2) is 47.3 Å². The zero-order valence-corrected chi connectivity index (χ0v) is 15.6. The SMILES string of the molecule is Cc1cc(C(=O)N2CC[C@](O)(c3ccccc3)[C@H]3CCCC[C@H]32)cc(=O)[nH]1. The number of rotatable bonds is 2. The van der Waals surface area contributed by atoms with Gasteiger partial charge in [-0.15, -0.1) is 0 Å². The fourth-order valence-corrected chi connectivity index (χ4v) is 4.99. The second kappa shape index (κ2) is 6.97. The Morgan fingerprint density at radius 1 is 1.19 bits per heavy atom. The predicted molar refractivity (Wildman–Crippen MR) is 104 cm³/mol. The number of nitrogens with zero attached hydrogens (tertiary/aromatic N) is 1. The fourth-order valence-electron chi connectivity index (χ4n) is 4.99. The molecule has 0 unspecified atom stereocenters. The van der Waals surface area contributed by atoms with Crippen LogP contribution >= 0.6 is 0 Å². The second-order valence-electron chi connectivity index (χ2n) is 7.91. The van der Waals surface area contributed by atoms with Crippen molar-refractivity contribution in [3.05, 3.63) is 69.6 Å². The lowest BCUT2D eigenvalue weighted by Gasteiger charge is -2.52. The summed E-state index contributed by atoms with van der Waals surface area (Å²) in [6.45, 7) is 2.28. The van der Waals surface area contributed by atoms with Gasteiger partial charge < -0.3 is 15.0 Å². The van der Waals surface area contributed by atoms with Gasteiger partial charge in [-0.05, 0) is 37.8 Å². The van der Waals surface area contributed by atoms with Crippen LogP contribution in [0.5, 0.6) is 0 Å². The van der Waals surface area contributed by atoms with Crippen LogP contribution in [-0.2, 0) is 5.60 Å². The summed E-state index contributed by atoms with van der Waals surface area (Å²) in [5.74, 6) is -0.0781. The van der Waals surface area contributed by atoms with Gasteiger partial charge in [0, 0.05) is 35.8 Å². The molecule has 4 rings (SSSR count). The first-order valence-electron chi connectivity index (χ1n) is 9.79. The van der Waals surface area contributed by atoms with Crippen molar-refractivity contribution in [1.82, 2.24) is 9.88 Å². The molecule has 1 saturated carbocycles. The molecule has 1 aromatic carbocycles. The number of amides is 1. The first-order valence-corrected chi connectivity index (χ1v) is 9.79. The molecule has 2 heterocycles. The van der Waals surface area contributed by atoms with Gasteiger partial charge in [0.2, 0.25) is 5.56 Å². The molecule has 1 saturated heterocycles. The molecule has 1 aliphatic heterocycles. The minimum atomic E-state index is -0.896. The molecule has 27 heavy (non-hydrogen) atoms. The number of aliphatic hydroxyl groups is 1. The average molecular weight is 366 g/mol. The molecule has 0 bridgehead atoms. The Labute approximate surface area is 159 Å². The summed E-state index contributed by atoms with van der Waals surface area (Å²) < 4.78 is 0. The van der Waals surface area contributed by atoms with E-state index in [0.29, 0.717) is 24.2 Å². The molecule has 2 aromatic rings. The Morgan fingerprint density at radius 2 is 1.93 bits per heavy atom. The number of hydrogen-bond acceptors (Lipinski definition) is 3. The lowest BCUT2D eigenvalue weighted by atomic mass is 9.66. The van der Waals surface area contributed by atoms with E-state index in [2.05, 4.69) is 4.98 Å². The summed E-state index contributed by atoms with van der Waals surface area (Å²) in [5.41, 5.74) is 0.916. The molecular weight excluding hydrogens is 340 g/mol. The molecule has 2 aliphatic rings. The smallest absolute Gasteiger partial charge is 0.254 e. The Balaban J connectivity index is 1.67. The summed E-state index contributed by atoms with van der Waals surface area (Å²) in [7, 11) is 0. The number of aryl methyl sites for hydroxylation is 1. The number of piperidine rings is 1. The average Bonchev–Trinajstić information content (AvgIpc) is 2.68. The molecule has 2 N–H and O–H groups in total. The van der Waals surface area contributed by atoms with Gasteiger partial charge >= 0.3 is 0 Å². The highest BCUT2D eigenvalue weighted by Gasteiger charge is 2.50. The Morgan fingerprint density at radius 3 is 2.67 bits per heavy atom. The van der Waals surface area contributed by atoms with E-state index in [0.717, 1.165) is 31.2 Å². The number of carbonyl (C=O) groups excluding carboxylic acids is 1. The van der Waals surface area contributed by atoms with E-state index < -0.39 is 5.60 Å². The minimum absolute atomic E-state index is 0.00444. The topological polar surface area (TPSA) is 73.4 Å². The minimum Gasteiger partial charge on any atom is -0.385 e. The van der Waals surface area contributed by atoms with Gasteiger partial charge in [0.15, 0.2) is 0 Å². The molecular formula is C22H26N2O3. The highest BCUT2D eigenvalue weighted by molar-refractivity contribution is 5.94. The molecule has 0 spiro atoms. The Hall–Kier alpha value is -2.40. The first kappa shape index (κ1) is 18.0. The van der Waals surface area contributed by atoms with Crippen molar-refractivity contribution < 1.29 is 9.90 Å². The summed E-state index contributed by atoms with van der Waals surface area (Å²) >= 11 is 0. The molecule has 5 heteroatoms. The fraction of sp³-hybridized carbons (Fsp3) is 0.455. The summed E-state index contributed by atoms with van der Waals surface area (Å²) in [4.78, 5) is 29.6. The van der Waals surface area contributed by atoms with Crippen LogP contribution in [0.1, 0.15) is 53.7 Å². The van der Waals surface area contributed by atoms with Gasteiger partial charge in [0.05, 0.1) is 5.60 Å². The Kier molecular flexibility index (Phi) is 4.64. The number of nitrogens with one attached hydrogen (secondary N) is 1. The van der Waals surface area contributed by atoms with Crippen molar-refractivity contribution >= 4 is 5.91 Å². The molecule has 0 radical (unpaired) electrons. The van der Waals surface area contributed by atoms with Crippen LogP contribution in [0, 0.1) is 12.8 Å². The number of H-pyrrole nitrogens is 1. The third kappa shape index (κ3) is 3.21. The van der Waals surface area contributed by atoms with E-state index in [1.54, 1.807) is 13.0 Å². The number of aromatic nitrogens is 1. The van der Waals surface area contributed by atoms with Crippen molar-refractivity contribution in [2.75, 3.05) is 6.54 Å². The van der Waals surface area contributed by atoms with Crippen molar-refractivity contribution in [2.24, 2.45) is 5.92 Å². The third-order valence-electron chi connectivity index (χ3n) is 6.24. The van der Waals surface area contributed by atoms with E-state index in [1.807, 2.05) is 35.2 Å². The van der Waals surface area contributed by atoms with Crippen LogP contribution in [0.3, 0.4) is 0 Å². The molecule has 142 valence electrons. The van der Waals surface area contributed by atoms with E-state index in [1.165, 1.54) is 6.07 Å². The second-order valence-corrected chi connectivity index (χ2v) is 7.91. The monoisotopic (exact) mass is 366 g/mol. The lowest BCUT2D eigenvalue weighted by molar-refractivity contribution is -0.110. The maximum absolute atomic E-state index is 13.2. The standard InChI is InChI=1S/C22H26N2O3/c1-15-13-16(14-20(25)23-15)21(26)24-12-11-22(27,17-7-3-2-4-8-17)18-9-5-6-10-19(18)24/h2-4,7-8,13-14,18-19,27H,5-6,9-12H2,1H3,(H,23,25)/t18-,19+,22-/m0/s1. The highest BCUT2D eigenvalue weighted by atomic mass is 16.3. The van der Waals surface area contributed by atoms with Crippen LogP contribution in [0.25, 0.3) is 0 Å². The summed E-state index contributed by atoms with van der Waals surface area (Å²) in [5, 5.41) is 11.6. The van der Waals surface area contributed by atoms with Crippen LogP contribution in [0.4, 0.5) is 0 Å². The summed E-state index contributed by atoms with van der Waals surface area (Å²) in [6, 6.07) is 13.0. The van der Waals surface area contributed by atoms with Crippen molar-refractivity contribution in [3.63, 3.8) is 0 Å². The number of pyridine rings is 1. The largest absolute Gasteiger partial charge is 0.385 e. The molecule has 5 nitrogen and oxygen atoms in total. The lowest BCUT2D eigenvalue weighted by Crippen LogP contribution is -2.59. The number of benzene rings is 1. The number of carbonyl (C=O) groups is 1. The number of aromatic amines is 1. The van der Waals surface area contributed by atoms with Crippen LogP contribution in [-0.4, -0.2) is 33.5 Å². The summed E-state index contributed by atoms with van der Waals surface area (Å²) in [6.07, 6.45) is 4.46. The molecule has 1 aliphatic carbocycles. The maximum Gasteiger partial charge on any atom is 0.254 e. The van der Waals surface area contributed by atoms with Gasteiger partial charge in [-0.1, -0.05) is 43.2 Å². The zero-order valence-electron chi connectivity index (χ0n) is 15.6. The van der Waals surface area contributed by atoms with E-state index in [9.17, 15) is 14.7 Å². The van der Waals surface area contributed by atoms with Gasteiger partial charge in [-0.3, -0.25) is 9.59 Å². The zero-order chi connectivity index (χ0) is 19.0. The van der Waals surface area contributed by atoms with E-state index in [-0.39, 0.29) is 23.4 Å². The quantitative estimate of drug-likeness (QED) is 0.858. The molecule has 1 amide bonds. The predicted octanol–water partition coefficient (Wildman–Crippen LogP) is 2.98. The molecule has 2 fully saturated rings. The van der Waals surface area contributed by atoms with Crippen molar-refractivity contribution in [1.29, 1.82) is 0 Å². The maximum atomic E-state index is 13.2. The normalized spacial score (nSPS) is 27.9. The Bertz CT molecular complexity index is 892.